The lowest BCUT2D eigenvalue weighted by atomic mass is 10.0. The highest BCUT2D eigenvalue weighted by Crippen LogP contribution is 2.15. The van der Waals surface area contributed by atoms with Crippen molar-refractivity contribution in [1.29, 1.82) is 0 Å². The average molecular weight is 242 g/mol. The van der Waals surface area contributed by atoms with Crippen molar-refractivity contribution in [3.63, 3.8) is 0 Å². The minimum absolute atomic E-state index is 0.123. The van der Waals surface area contributed by atoms with Crippen molar-refractivity contribution in [1.82, 2.24) is 10.3 Å². The second-order valence-electron chi connectivity index (χ2n) is 4.22. The van der Waals surface area contributed by atoms with Crippen molar-refractivity contribution < 1.29 is 13.5 Å². The molecule has 3 nitrogen and oxygen atoms in total. The maximum Gasteiger partial charge on any atom is 0.250 e. The third-order valence-corrected chi connectivity index (χ3v) is 2.89. The lowest BCUT2D eigenvalue weighted by Gasteiger charge is -2.23. The molecular formula is C12H16F2N2O. The van der Waals surface area contributed by atoms with Crippen LogP contribution in [0.5, 0.6) is 5.88 Å². The molecule has 17 heavy (non-hydrogen) atoms. The van der Waals surface area contributed by atoms with E-state index in [0.29, 0.717) is 12.6 Å². The van der Waals surface area contributed by atoms with E-state index in [1.807, 2.05) is 0 Å². The number of hydrogen-bond donors (Lipinski definition) is 1. The first kappa shape index (κ1) is 12.2. The molecule has 5 heteroatoms. The van der Waals surface area contributed by atoms with Gasteiger partial charge in [-0.05, 0) is 25.8 Å². The number of halogens is 2. The summed E-state index contributed by atoms with van der Waals surface area (Å²) < 4.78 is 31.0. The molecule has 0 amide bonds. The van der Waals surface area contributed by atoms with Crippen LogP contribution in [-0.2, 0) is 0 Å². The van der Waals surface area contributed by atoms with E-state index in [4.69, 9.17) is 4.74 Å². The molecule has 94 valence electrons. The summed E-state index contributed by atoms with van der Waals surface area (Å²) in [6.45, 7) is 1.43. The highest BCUT2D eigenvalue weighted by atomic mass is 19.1. The topological polar surface area (TPSA) is 34.1 Å². The molecule has 0 bridgehead atoms. The normalized spacial score (nSPS) is 20.2. The van der Waals surface area contributed by atoms with Gasteiger partial charge in [0.05, 0.1) is 12.8 Å². The lowest BCUT2D eigenvalue weighted by molar-refractivity contribution is 0.249. The monoisotopic (exact) mass is 242 g/mol. The maximum absolute atomic E-state index is 13.2. The Balaban J connectivity index is 1.77. The summed E-state index contributed by atoms with van der Waals surface area (Å²) in [6.07, 6.45) is 5.34. The Labute approximate surface area is 99.2 Å². The number of pyridine rings is 1. The number of rotatable bonds is 4. The van der Waals surface area contributed by atoms with Gasteiger partial charge in [-0.2, -0.15) is 0 Å². The molecule has 2 heterocycles. The number of ether oxygens (including phenoxy) is 1. The third kappa shape index (κ3) is 3.63. The zero-order valence-corrected chi connectivity index (χ0v) is 9.59. The van der Waals surface area contributed by atoms with Crippen molar-refractivity contribution in [2.24, 2.45) is 0 Å². The molecule has 0 aromatic carbocycles. The molecule has 1 unspecified atom stereocenters. The second kappa shape index (κ2) is 5.91. The molecule has 1 aromatic rings. The molecule has 1 aliphatic rings. The van der Waals surface area contributed by atoms with Crippen LogP contribution < -0.4 is 10.1 Å². The van der Waals surface area contributed by atoms with Gasteiger partial charge in [0, 0.05) is 12.1 Å². The van der Waals surface area contributed by atoms with Crippen molar-refractivity contribution in [3.8, 4) is 5.88 Å². The van der Waals surface area contributed by atoms with Crippen LogP contribution in [0.4, 0.5) is 8.78 Å². The Morgan fingerprint density at radius 1 is 1.41 bits per heavy atom. The summed E-state index contributed by atoms with van der Waals surface area (Å²) in [5, 5.41) is 3.37. The molecule has 0 radical (unpaired) electrons. The summed E-state index contributed by atoms with van der Waals surface area (Å²) in [7, 11) is 0. The van der Waals surface area contributed by atoms with Gasteiger partial charge in [0.25, 0.3) is 5.88 Å². The molecule has 1 saturated heterocycles. The Kier molecular flexibility index (Phi) is 4.25. The van der Waals surface area contributed by atoms with E-state index >= 15 is 0 Å². The Hall–Kier alpha value is -1.23. The van der Waals surface area contributed by atoms with E-state index in [0.717, 1.165) is 31.6 Å². The first-order valence-corrected chi connectivity index (χ1v) is 5.93. The van der Waals surface area contributed by atoms with Crippen LogP contribution >= 0.6 is 0 Å². The van der Waals surface area contributed by atoms with Gasteiger partial charge in [0.15, 0.2) is 5.82 Å². The Morgan fingerprint density at radius 2 is 2.29 bits per heavy atom. The summed E-state index contributed by atoms with van der Waals surface area (Å²) in [5.41, 5.74) is 0. The van der Waals surface area contributed by atoms with Crippen molar-refractivity contribution in [2.75, 3.05) is 13.2 Å². The predicted molar refractivity (Wildman–Crippen MR) is 59.9 cm³/mol. The average Bonchev–Trinajstić information content (AvgIpc) is 2.33. The van der Waals surface area contributed by atoms with Crippen molar-refractivity contribution >= 4 is 0 Å². The first-order valence-electron chi connectivity index (χ1n) is 5.93. The molecule has 1 aliphatic heterocycles. The quantitative estimate of drug-likeness (QED) is 0.879. The first-order chi connectivity index (χ1) is 8.25. The van der Waals surface area contributed by atoms with E-state index in [1.165, 1.54) is 12.8 Å². The molecular weight excluding hydrogens is 226 g/mol. The number of aromatic nitrogens is 1. The van der Waals surface area contributed by atoms with Gasteiger partial charge in [-0.3, -0.25) is 0 Å². The third-order valence-electron chi connectivity index (χ3n) is 2.89. The van der Waals surface area contributed by atoms with E-state index in [9.17, 15) is 8.78 Å². The van der Waals surface area contributed by atoms with Crippen LogP contribution in [0.1, 0.15) is 25.7 Å². The highest BCUT2D eigenvalue weighted by molar-refractivity contribution is 5.13. The molecule has 0 spiro atoms. The zero-order valence-electron chi connectivity index (χ0n) is 9.59. The van der Waals surface area contributed by atoms with Gasteiger partial charge in [0.1, 0.15) is 5.82 Å². The summed E-state index contributed by atoms with van der Waals surface area (Å²) in [4.78, 5) is 3.57. The van der Waals surface area contributed by atoms with Crippen LogP contribution in [0.3, 0.4) is 0 Å². The van der Waals surface area contributed by atoms with Gasteiger partial charge in [-0.25, -0.2) is 13.8 Å². The second-order valence-corrected chi connectivity index (χ2v) is 4.22. The van der Waals surface area contributed by atoms with Crippen LogP contribution in [0.2, 0.25) is 0 Å². The van der Waals surface area contributed by atoms with Gasteiger partial charge in [-0.1, -0.05) is 6.42 Å². The smallest absolute Gasteiger partial charge is 0.250 e. The van der Waals surface area contributed by atoms with Crippen LogP contribution in [0.25, 0.3) is 0 Å². The SMILES string of the molecule is Fc1cnc(OCCC2CCCCN2)c(F)c1. The maximum atomic E-state index is 13.2. The summed E-state index contributed by atoms with van der Waals surface area (Å²) in [6, 6.07) is 1.22. The molecule has 1 fully saturated rings. The molecule has 1 N–H and O–H groups in total. The minimum Gasteiger partial charge on any atom is -0.476 e. The fourth-order valence-electron chi connectivity index (χ4n) is 1.98. The number of hydrogen-bond acceptors (Lipinski definition) is 3. The molecule has 1 aromatic heterocycles. The van der Waals surface area contributed by atoms with Crippen molar-refractivity contribution in [3.05, 3.63) is 23.9 Å². The van der Waals surface area contributed by atoms with E-state index in [1.54, 1.807) is 0 Å². The Bertz CT molecular complexity index is 368. The van der Waals surface area contributed by atoms with E-state index < -0.39 is 11.6 Å². The molecule has 1 atom stereocenters. The fraction of sp³-hybridized carbons (Fsp3) is 0.583. The van der Waals surface area contributed by atoms with Crippen LogP contribution in [0.15, 0.2) is 12.3 Å². The molecule has 0 aliphatic carbocycles. The summed E-state index contributed by atoms with van der Waals surface area (Å²) >= 11 is 0. The predicted octanol–water partition coefficient (Wildman–Crippen LogP) is 2.27. The molecule has 0 saturated carbocycles. The number of nitrogens with one attached hydrogen (secondary N) is 1. The van der Waals surface area contributed by atoms with Crippen molar-refractivity contribution in [2.45, 2.75) is 31.7 Å². The summed E-state index contributed by atoms with van der Waals surface area (Å²) in [5.74, 6) is -1.56. The van der Waals surface area contributed by atoms with Crippen LogP contribution in [-0.4, -0.2) is 24.2 Å². The van der Waals surface area contributed by atoms with E-state index in [2.05, 4.69) is 10.3 Å². The standard InChI is InChI=1S/C12H16F2N2O/c13-9-7-11(14)12(16-8-9)17-6-4-10-3-1-2-5-15-10/h7-8,10,15H,1-6H2. The van der Waals surface area contributed by atoms with Gasteiger partial charge >= 0.3 is 0 Å². The Morgan fingerprint density at radius 3 is 3.00 bits per heavy atom. The van der Waals surface area contributed by atoms with Crippen LogP contribution in [0, 0.1) is 11.6 Å². The van der Waals surface area contributed by atoms with Gasteiger partial charge < -0.3 is 10.1 Å². The lowest BCUT2D eigenvalue weighted by Crippen LogP contribution is -2.35. The zero-order chi connectivity index (χ0) is 12.1. The van der Waals surface area contributed by atoms with Gasteiger partial charge in [0.2, 0.25) is 0 Å². The highest BCUT2D eigenvalue weighted by Gasteiger charge is 2.13. The largest absolute Gasteiger partial charge is 0.476 e. The van der Waals surface area contributed by atoms with Gasteiger partial charge in [-0.15, -0.1) is 0 Å². The van der Waals surface area contributed by atoms with E-state index in [-0.39, 0.29) is 5.88 Å². The molecule has 2 rings (SSSR count). The number of nitrogens with zero attached hydrogens (tertiary/aromatic N) is 1. The fourth-order valence-corrected chi connectivity index (χ4v) is 1.98. The minimum atomic E-state index is -0.749. The number of piperidine rings is 1.